The summed E-state index contributed by atoms with van der Waals surface area (Å²) < 4.78 is 0. The highest BCUT2D eigenvalue weighted by molar-refractivity contribution is 5.94. The van der Waals surface area contributed by atoms with E-state index in [1.54, 1.807) is 24.3 Å². The second-order valence-electron chi connectivity index (χ2n) is 4.66. The van der Waals surface area contributed by atoms with Crippen LogP contribution in [0.25, 0.3) is 0 Å². The zero-order valence-electron chi connectivity index (χ0n) is 10.0. The second-order valence-corrected chi connectivity index (χ2v) is 4.66. The van der Waals surface area contributed by atoms with Crippen LogP contribution in [-0.2, 0) is 0 Å². The zero-order chi connectivity index (χ0) is 12.3. The number of nitrogens with zero attached hydrogens (tertiary/aromatic N) is 2. The Morgan fingerprint density at radius 3 is 2.41 bits per heavy atom. The van der Waals surface area contributed by atoms with Gasteiger partial charge < -0.3 is 4.90 Å². The van der Waals surface area contributed by atoms with E-state index in [9.17, 15) is 4.79 Å². The van der Waals surface area contributed by atoms with Crippen molar-refractivity contribution >= 4 is 5.91 Å². The standard InChI is InChI=1S/C14H16N2O/c1-11-6-8-16(9-7-11)14(17)13-4-2-12(10-15)3-5-13/h2-5,11H,6-9H2,1H3. The summed E-state index contributed by atoms with van der Waals surface area (Å²) in [5, 5.41) is 8.70. The summed E-state index contributed by atoms with van der Waals surface area (Å²) in [6.45, 7) is 3.92. The molecule has 0 aromatic heterocycles. The number of hydrogen-bond acceptors (Lipinski definition) is 2. The number of carbonyl (C=O) groups is 1. The van der Waals surface area contributed by atoms with Crippen molar-refractivity contribution in [3.8, 4) is 6.07 Å². The summed E-state index contributed by atoms with van der Waals surface area (Å²) in [5.41, 5.74) is 1.27. The fraction of sp³-hybridized carbons (Fsp3) is 0.429. The molecule has 1 aromatic carbocycles. The maximum atomic E-state index is 12.1. The van der Waals surface area contributed by atoms with Gasteiger partial charge in [0.2, 0.25) is 0 Å². The average Bonchev–Trinajstić information content (AvgIpc) is 2.39. The van der Waals surface area contributed by atoms with Crippen molar-refractivity contribution in [3.63, 3.8) is 0 Å². The largest absolute Gasteiger partial charge is 0.339 e. The molecular formula is C14H16N2O. The molecule has 1 amide bonds. The Balaban J connectivity index is 2.06. The van der Waals surface area contributed by atoms with Gasteiger partial charge in [0.05, 0.1) is 11.6 Å². The monoisotopic (exact) mass is 228 g/mol. The molecule has 0 atom stereocenters. The number of carbonyl (C=O) groups excluding carboxylic acids is 1. The molecular weight excluding hydrogens is 212 g/mol. The van der Waals surface area contributed by atoms with Gasteiger partial charge in [-0.1, -0.05) is 6.92 Å². The number of likely N-dealkylation sites (tertiary alicyclic amines) is 1. The average molecular weight is 228 g/mol. The fourth-order valence-corrected chi connectivity index (χ4v) is 2.08. The Hall–Kier alpha value is -1.82. The van der Waals surface area contributed by atoms with E-state index < -0.39 is 0 Å². The highest BCUT2D eigenvalue weighted by Crippen LogP contribution is 2.18. The van der Waals surface area contributed by atoms with Gasteiger partial charge in [-0.15, -0.1) is 0 Å². The first-order valence-corrected chi connectivity index (χ1v) is 6.00. The highest BCUT2D eigenvalue weighted by atomic mass is 16.2. The minimum absolute atomic E-state index is 0.0846. The second kappa shape index (κ2) is 5.01. The number of nitriles is 1. The van der Waals surface area contributed by atoms with Crippen molar-refractivity contribution in [1.82, 2.24) is 4.90 Å². The van der Waals surface area contributed by atoms with E-state index in [4.69, 9.17) is 5.26 Å². The van der Waals surface area contributed by atoms with E-state index in [1.165, 1.54) is 0 Å². The minimum Gasteiger partial charge on any atom is -0.339 e. The number of hydrogen-bond donors (Lipinski definition) is 0. The third kappa shape index (κ3) is 2.65. The fourth-order valence-electron chi connectivity index (χ4n) is 2.08. The van der Waals surface area contributed by atoms with E-state index in [0.29, 0.717) is 11.1 Å². The summed E-state index contributed by atoms with van der Waals surface area (Å²) >= 11 is 0. The van der Waals surface area contributed by atoms with E-state index in [-0.39, 0.29) is 5.91 Å². The van der Waals surface area contributed by atoms with Crippen LogP contribution in [0.1, 0.15) is 35.7 Å². The molecule has 1 fully saturated rings. The Morgan fingerprint density at radius 2 is 1.88 bits per heavy atom. The van der Waals surface area contributed by atoms with Crippen LogP contribution >= 0.6 is 0 Å². The normalized spacial score (nSPS) is 16.6. The lowest BCUT2D eigenvalue weighted by Crippen LogP contribution is -2.37. The molecule has 0 aliphatic carbocycles. The van der Waals surface area contributed by atoms with Crippen molar-refractivity contribution in [1.29, 1.82) is 5.26 Å². The lowest BCUT2D eigenvalue weighted by molar-refractivity contribution is 0.0697. The lowest BCUT2D eigenvalue weighted by atomic mass is 9.98. The quantitative estimate of drug-likeness (QED) is 0.741. The predicted octanol–water partition coefficient (Wildman–Crippen LogP) is 2.43. The van der Waals surface area contributed by atoms with Gasteiger partial charge in [0.15, 0.2) is 0 Å². The third-order valence-electron chi connectivity index (χ3n) is 3.33. The van der Waals surface area contributed by atoms with Gasteiger partial charge >= 0.3 is 0 Å². The van der Waals surface area contributed by atoms with Crippen molar-refractivity contribution in [2.24, 2.45) is 5.92 Å². The molecule has 2 rings (SSSR count). The van der Waals surface area contributed by atoms with Crippen LogP contribution in [-0.4, -0.2) is 23.9 Å². The molecule has 0 radical (unpaired) electrons. The molecule has 3 nitrogen and oxygen atoms in total. The van der Waals surface area contributed by atoms with Crippen molar-refractivity contribution in [2.75, 3.05) is 13.1 Å². The molecule has 1 heterocycles. The van der Waals surface area contributed by atoms with Crippen molar-refractivity contribution in [3.05, 3.63) is 35.4 Å². The number of amides is 1. The summed E-state index contributed by atoms with van der Waals surface area (Å²) in [5.74, 6) is 0.807. The first-order valence-electron chi connectivity index (χ1n) is 6.00. The van der Waals surface area contributed by atoms with Crippen LogP contribution < -0.4 is 0 Å². The van der Waals surface area contributed by atoms with Gasteiger partial charge in [0.1, 0.15) is 0 Å². The van der Waals surface area contributed by atoms with Gasteiger partial charge in [-0.25, -0.2) is 0 Å². The molecule has 17 heavy (non-hydrogen) atoms. The smallest absolute Gasteiger partial charge is 0.253 e. The highest BCUT2D eigenvalue weighted by Gasteiger charge is 2.21. The molecule has 1 aromatic rings. The first kappa shape index (κ1) is 11.7. The lowest BCUT2D eigenvalue weighted by Gasteiger charge is -2.30. The molecule has 1 aliphatic heterocycles. The first-order chi connectivity index (χ1) is 8.20. The molecule has 3 heteroatoms. The van der Waals surface area contributed by atoms with Crippen LogP contribution in [0.2, 0.25) is 0 Å². The number of benzene rings is 1. The van der Waals surface area contributed by atoms with Crippen LogP contribution in [0.5, 0.6) is 0 Å². The van der Waals surface area contributed by atoms with Crippen LogP contribution in [0, 0.1) is 17.2 Å². The molecule has 1 aliphatic rings. The molecule has 0 spiro atoms. The summed E-state index contributed by atoms with van der Waals surface area (Å²) in [7, 11) is 0. The Bertz CT molecular complexity index is 436. The Kier molecular flexibility index (Phi) is 3.43. The summed E-state index contributed by atoms with van der Waals surface area (Å²) in [6, 6.07) is 8.91. The number of piperidine rings is 1. The van der Waals surface area contributed by atoms with Crippen LogP contribution in [0.15, 0.2) is 24.3 Å². The van der Waals surface area contributed by atoms with Gasteiger partial charge in [0, 0.05) is 18.7 Å². The van der Waals surface area contributed by atoms with E-state index in [0.717, 1.165) is 31.8 Å². The number of rotatable bonds is 1. The minimum atomic E-state index is 0.0846. The molecule has 1 saturated heterocycles. The van der Waals surface area contributed by atoms with Gasteiger partial charge in [-0.05, 0) is 43.0 Å². The maximum absolute atomic E-state index is 12.1. The summed E-state index contributed by atoms with van der Waals surface area (Å²) in [4.78, 5) is 14.1. The van der Waals surface area contributed by atoms with Gasteiger partial charge in [0.25, 0.3) is 5.91 Å². The van der Waals surface area contributed by atoms with Crippen LogP contribution in [0.4, 0.5) is 0 Å². The molecule has 0 N–H and O–H groups in total. The SMILES string of the molecule is CC1CCN(C(=O)c2ccc(C#N)cc2)CC1. The Labute approximate surface area is 102 Å². The molecule has 0 bridgehead atoms. The van der Waals surface area contributed by atoms with Crippen molar-refractivity contribution in [2.45, 2.75) is 19.8 Å². The maximum Gasteiger partial charge on any atom is 0.253 e. The van der Waals surface area contributed by atoms with Gasteiger partial charge in [-0.2, -0.15) is 5.26 Å². The predicted molar refractivity (Wildman–Crippen MR) is 65.5 cm³/mol. The molecule has 0 unspecified atom stereocenters. The van der Waals surface area contributed by atoms with E-state index >= 15 is 0 Å². The molecule has 0 saturated carbocycles. The van der Waals surface area contributed by atoms with Gasteiger partial charge in [-0.3, -0.25) is 4.79 Å². The van der Waals surface area contributed by atoms with E-state index in [2.05, 4.69) is 13.0 Å². The van der Waals surface area contributed by atoms with Crippen molar-refractivity contribution < 1.29 is 4.79 Å². The Morgan fingerprint density at radius 1 is 1.29 bits per heavy atom. The topological polar surface area (TPSA) is 44.1 Å². The third-order valence-corrected chi connectivity index (χ3v) is 3.33. The molecule has 88 valence electrons. The van der Waals surface area contributed by atoms with E-state index in [1.807, 2.05) is 4.90 Å². The van der Waals surface area contributed by atoms with Crippen LogP contribution in [0.3, 0.4) is 0 Å². The summed E-state index contributed by atoms with van der Waals surface area (Å²) in [6.07, 6.45) is 2.17. The zero-order valence-corrected chi connectivity index (χ0v) is 10.0.